The lowest BCUT2D eigenvalue weighted by Gasteiger charge is -2.54. The molecule has 4 saturated carbocycles. The van der Waals surface area contributed by atoms with Crippen LogP contribution < -0.4 is 5.32 Å². The Labute approximate surface area is 159 Å². The Kier molecular flexibility index (Phi) is 4.60. The number of ether oxygens (including phenoxy) is 1. The molecule has 0 aliphatic heterocycles. The first-order valence-corrected chi connectivity index (χ1v) is 10.00. The number of H-pyrrole nitrogens is 1. The Morgan fingerprint density at radius 2 is 1.63 bits per heavy atom. The van der Waals surface area contributed by atoms with Gasteiger partial charge in [0.2, 0.25) is 0 Å². The van der Waals surface area contributed by atoms with E-state index in [0.717, 1.165) is 11.8 Å². The van der Waals surface area contributed by atoms with Crippen LogP contribution in [0.2, 0.25) is 0 Å². The zero-order valence-corrected chi connectivity index (χ0v) is 16.3. The maximum atomic E-state index is 12.4. The Bertz CT molecular complexity index is 766. The first-order chi connectivity index (χ1) is 12.8. The topological polar surface area (TPSA) is 88.3 Å². The van der Waals surface area contributed by atoms with Crippen molar-refractivity contribution in [3.05, 3.63) is 22.5 Å². The Morgan fingerprint density at radius 3 is 2.15 bits per heavy atom. The van der Waals surface area contributed by atoms with Gasteiger partial charge in [0, 0.05) is 17.3 Å². The standard InChI is InChI=1S/C21H28N2O4/c1-10-18(12(3)24)11(2)22-19(10)21(26)27-9-17(25)23-20-15-5-13-4-14(7-15)8-16(20)6-13/h13-16,20,22H,4-9H2,1-3H3,(H,23,25). The van der Waals surface area contributed by atoms with Crippen LogP contribution in [0.5, 0.6) is 0 Å². The van der Waals surface area contributed by atoms with Crippen LogP contribution in [0.1, 0.15) is 71.1 Å². The number of hydrogen-bond acceptors (Lipinski definition) is 4. The van der Waals surface area contributed by atoms with Crippen molar-refractivity contribution in [3.63, 3.8) is 0 Å². The number of amides is 1. The molecule has 4 aliphatic rings. The number of Topliss-reactive ketones (excluding diaryl/α,β-unsaturated/α-hetero) is 1. The summed E-state index contributed by atoms with van der Waals surface area (Å²) in [5.41, 5.74) is 1.98. The van der Waals surface area contributed by atoms with Crippen molar-refractivity contribution < 1.29 is 19.1 Å². The van der Waals surface area contributed by atoms with Gasteiger partial charge in [-0.15, -0.1) is 0 Å². The fourth-order valence-electron chi connectivity index (χ4n) is 6.07. The summed E-state index contributed by atoms with van der Waals surface area (Å²) in [5, 5.41) is 3.14. The summed E-state index contributed by atoms with van der Waals surface area (Å²) in [4.78, 5) is 39.3. The molecule has 1 amide bonds. The van der Waals surface area contributed by atoms with Crippen molar-refractivity contribution >= 4 is 17.7 Å². The molecule has 4 aliphatic carbocycles. The minimum atomic E-state index is -0.594. The molecule has 0 unspecified atom stereocenters. The van der Waals surface area contributed by atoms with Crippen LogP contribution >= 0.6 is 0 Å². The van der Waals surface area contributed by atoms with Crippen molar-refractivity contribution in [2.24, 2.45) is 23.7 Å². The van der Waals surface area contributed by atoms with E-state index in [1.165, 1.54) is 39.0 Å². The van der Waals surface area contributed by atoms with E-state index in [-0.39, 0.29) is 30.0 Å². The summed E-state index contributed by atoms with van der Waals surface area (Å²) in [6.45, 7) is 4.65. The van der Waals surface area contributed by atoms with Crippen LogP contribution in [0.3, 0.4) is 0 Å². The second kappa shape index (κ2) is 6.80. The smallest absolute Gasteiger partial charge is 0.355 e. The lowest BCUT2D eigenvalue weighted by molar-refractivity contribution is -0.128. The van der Waals surface area contributed by atoms with E-state index in [4.69, 9.17) is 4.74 Å². The number of rotatable bonds is 5. The van der Waals surface area contributed by atoms with Crippen molar-refractivity contribution in [1.29, 1.82) is 0 Å². The van der Waals surface area contributed by atoms with E-state index in [9.17, 15) is 14.4 Å². The van der Waals surface area contributed by atoms with Crippen LogP contribution in [-0.2, 0) is 9.53 Å². The second-order valence-electron chi connectivity index (χ2n) is 8.78. The third kappa shape index (κ3) is 3.30. The average molecular weight is 372 g/mol. The molecule has 2 N–H and O–H groups in total. The quantitative estimate of drug-likeness (QED) is 0.614. The number of ketones is 1. The zero-order chi connectivity index (χ0) is 19.3. The molecule has 0 spiro atoms. The number of esters is 1. The normalized spacial score (nSPS) is 31.0. The maximum Gasteiger partial charge on any atom is 0.355 e. The molecule has 0 atom stereocenters. The largest absolute Gasteiger partial charge is 0.451 e. The highest BCUT2D eigenvalue weighted by Gasteiger charge is 2.48. The Hall–Kier alpha value is -2.11. The molecule has 146 valence electrons. The number of carbonyl (C=O) groups excluding carboxylic acids is 3. The molecular weight excluding hydrogens is 344 g/mol. The van der Waals surface area contributed by atoms with Gasteiger partial charge in [0.1, 0.15) is 5.69 Å². The van der Waals surface area contributed by atoms with Crippen molar-refractivity contribution in [3.8, 4) is 0 Å². The fourth-order valence-corrected chi connectivity index (χ4v) is 6.07. The van der Waals surface area contributed by atoms with Crippen LogP contribution in [0, 0.1) is 37.5 Å². The van der Waals surface area contributed by atoms with E-state index in [2.05, 4.69) is 10.3 Å². The molecule has 4 bridgehead atoms. The van der Waals surface area contributed by atoms with Crippen molar-refractivity contribution in [2.45, 2.75) is 58.9 Å². The summed E-state index contributed by atoms with van der Waals surface area (Å²) in [6, 6.07) is 0.239. The monoisotopic (exact) mass is 372 g/mol. The molecule has 0 saturated heterocycles. The van der Waals surface area contributed by atoms with E-state index in [1.807, 2.05) is 0 Å². The number of aryl methyl sites for hydroxylation is 1. The predicted molar refractivity (Wildman–Crippen MR) is 99.5 cm³/mol. The van der Waals surface area contributed by atoms with Gasteiger partial charge in [-0.3, -0.25) is 9.59 Å². The van der Waals surface area contributed by atoms with Crippen molar-refractivity contribution in [1.82, 2.24) is 10.3 Å². The highest BCUT2D eigenvalue weighted by Crippen LogP contribution is 2.53. The predicted octanol–water partition coefficient (Wildman–Crippen LogP) is 2.93. The molecule has 1 aromatic rings. The average Bonchev–Trinajstić information content (AvgIpc) is 2.90. The third-order valence-electron chi connectivity index (χ3n) is 6.88. The number of carbonyl (C=O) groups is 3. The van der Waals surface area contributed by atoms with Gasteiger partial charge >= 0.3 is 5.97 Å². The van der Waals surface area contributed by atoms with Gasteiger partial charge in [0.05, 0.1) is 0 Å². The van der Waals surface area contributed by atoms with Gasteiger partial charge in [-0.25, -0.2) is 4.79 Å². The molecule has 0 radical (unpaired) electrons. The first-order valence-electron chi connectivity index (χ1n) is 10.00. The van der Waals surface area contributed by atoms with E-state index >= 15 is 0 Å². The van der Waals surface area contributed by atoms with Gasteiger partial charge in [0.15, 0.2) is 12.4 Å². The number of nitrogens with one attached hydrogen (secondary N) is 2. The first kappa shape index (κ1) is 18.3. The summed E-state index contributed by atoms with van der Waals surface area (Å²) < 4.78 is 5.22. The maximum absolute atomic E-state index is 12.4. The molecule has 1 heterocycles. The molecule has 0 aromatic carbocycles. The molecular formula is C21H28N2O4. The van der Waals surface area contributed by atoms with Gasteiger partial charge < -0.3 is 15.0 Å². The molecule has 6 heteroatoms. The minimum Gasteiger partial charge on any atom is -0.451 e. The summed E-state index contributed by atoms with van der Waals surface area (Å²) in [7, 11) is 0. The highest BCUT2D eigenvalue weighted by atomic mass is 16.5. The summed E-state index contributed by atoms with van der Waals surface area (Å²) in [5.74, 6) is 1.97. The Morgan fingerprint density at radius 1 is 1.04 bits per heavy atom. The van der Waals surface area contributed by atoms with Gasteiger partial charge in [-0.05, 0) is 82.1 Å². The van der Waals surface area contributed by atoms with E-state index in [1.54, 1.807) is 13.8 Å². The lowest BCUT2D eigenvalue weighted by Crippen LogP contribution is -2.56. The Balaban J connectivity index is 1.34. The number of aromatic nitrogens is 1. The van der Waals surface area contributed by atoms with Gasteiger partial charge in [-0.2, -0.15) is 0 Å². The minimum absolute atomic E-state index is 0.0973. The lowest BCUT2D eigenvalue weighted by atomic mass is 9.54. The van der Waals surface area contributed by atoms with Gasteiger partial charge in [-0.1, -0.05) is 0 Å². The number of aromatic amines is 1. The molecule has 4 fully saturated rings. The number of hydrogen-bond donors (Lipinski definition) is 2. The highest BCUT2D eigenvalue weighted by molar-refractivity contribution is 6.01. The van der Waals surface area contributed by atoms with E-state index < -0.39 is 5.97 Å². The summed E-state index contributed by atoms with van der Waals surface area (Å²) >= 11 is 0. The second-order valence-corrected chi connectivity index (χ2v) is 8.78. The van der Waals surface area contributed by atoms with Crippen LogP contribution in [0.15, 0.2) is 0 Å². The van der Waals surface area contributed by atoms with Crippen molar-refractivity contribution in [2.75, 3.05) is 6.61 Å². The molecule has 5 rings (SSSR count). The molecule has 6 nitrogen and oxygen atoms in total. The third-order valence-corrected chi connectivity index (χ3v) is 6.88. The SMILES string of the molecule is CC(=O)c1c(C)[nH]c(C(=O)OCC(=O)NC2C3CC4CC(C3)CC2C4)c1C. The van der Waals surface area contributed by atoms with E-state index in [0.29, 0.717) is 28.7 Å². The zero-order valence-electron chi connectivity index (χ0n) is 16.3. The molecule has 1 aromatic heterocycles. The van der Waals surface area contributed by atoms with Crippen LogP contribution in [0.25, 0.3) is 0 Å². The van der Waals surface area contributed by atoms with Crippen LogP contribution in [-0.4, -0.2) is 35.3 Å². The summed E-state index contributed by atoms with van der Waals surface area (Å²) in [6.07, 6.45) is 6.29. The fraction of sp³-hybridized carbons (Fsp3) is 0.667. The molecule has 27 heavy (non-hydrogen) atoms. The van der Waals surface area contributed by atoms with Crippen LogP contribution in [0.4, 0.5) is 0 Å². The van der Waals surface area contributed by atoms with Gasteiger partial charge in [0.25, 0.3) is 5.91 Å².